The van der Waals surface area contributed by atoms with Crippen LogP contribution < -0.4 is 5.32 Å². The van der Waals surface area contributed by atoms with E-state index in [1.807, 2.05) is 13.8 Å². The Morgan fingerprint density at radius 1 is 1.43 bits per heavy atom. The van der Waals surface area contributed by atoms with E-state index in [2.05, 4.69) is 10.1 Å². The van der Waals surface area contributed by atoms with Crippen LogP contribution in [0.3, 0.4) is 0 Å². The molecule has 2 unspecified atom stereocenters. The summed E-state index contributed by atoms with van der Waals surface area (Å²) in [6.07, 6.45) is 0.642. The first-order valence-corrected chi connectivity index (χ1v) is 7.32. The molecule has 1 aliphatic heterocycles. The van der Waals surface area contributed by atoms with Gasteiger partial charge in [-0.15, -0.1) is 0 Å². The standard InChI is InChI=1S/C14H26N2O5/c1-10(2)21-6-4-5-15-13(18)9-16-8-11(17)7-12(16)14(19)20-3/h10-12,17H,4-9H2,1-3H3,(H,15,18). The quantitative estimate of drug-likeness (QED) is 0.465. The SMILES string of the molecule is COC(=O)C1CC(O)CN1CC(=O)NCCCOC(C)C. The molecule has 0 aromatic heterocycles. The third-order valence-electron chi connectivity index (χ3n) is 3.30. The zero-order chi connectivity index (χ0) is 15.8. The lowest BCUT2D eigenvalue weighted by atomic mass is 10.2. The zero-order valence-electron chi connectivity index (χ0n) is 13.0. The second-order valence-electron chi connectivity index (χ2n) is 5.48. The van der Waals surface area contributed by atoms with E-state index in [-0.39, 0.29) is 18.6 Å². The zero-order valence-corrected chi connectivity index (χ0v) is 13.0. The van der Waals surface area contributed by atoms with E-state index in [0.29, 0.717) is 26.1 Å². The number of carbonyl (C=O) groups excluding carboxylic acids is 2. The van der Waals surface area contributed by atoms with Crippen molar-refractivity contribution in [3.8, 4) is 0 Å². The van der Waals surface area contributed by atoms with Crippen molar-refractivity contribution in [1.82, 2.24) is 10.2 Å². The molecule has 122 valence electrons. The van der Waals surface area contributed by atoms with Crippen LogP contribution in [0.1, 0.15) is 26.7 Å². The van der Waals surface area contributed by atoms with Crippen molar-refractivity contribution < 1.29 is 24.2 Å². The number of hydrogen-bond donors (Lipinski definition) is 2. The van der Waals surface area contributed by atoms with Crippen LogP contribution in [-0.4, -0.2) is 73.5 Å². The Morgan fingerprint density at radius 2 is 2.14 bits per heavy atom. The maximum absolute atomic E-state index is 11.8. The van der Waals surface area contributed by atoms with Gasteiger partial charge in [0.15, 0.2) is 0 Å². The maximum atomic E-state index is 11.8. The summed E-state index contributed by atoms with van der Waals surface area (Å²) in [7, 11) is 1.31. The number of hydrogen-bond acceptors (Lipinski definition) is 6. The molecule has 0 radical (unpaired) electrons. The van der Waals surface area contributed by atoms with Crippen LogP contribution >= 0.6 is 0 Å². The van der Waals surface area contributed by atoms with Crippen LogP contribution in [0, 0.1) is 0 Å². The Labute approximate surface area is 125 Å². The Hall–Kier alpha value is -1.18. The summed E-state index contributed by atoms with van der Waals surface area (Å²) in [5, 5.41) is 12.4. The van der Waals surface area contributed by atoms with Gasteiger partial charge in [0.25, 0.3) is 0 Å². The highest BCUT2D eigenvalue weighted by atomic mass is 16.5. The number of esters is 1. The lowest BCUT2D eigenvalue weighted by Crippen LogP contribution is -2.43. The Balaban J connectivity index is 2.28. The van der Waals surface area contributed by atoms with Gasteiger partial charge in [-0.3, -0.25) is 14.5 Å². The lowest BCUT2D eigenvalue weighted by Gasteiger charge is -2.21. The van der Waals surface area contributed by atoms with Gasteiger partial charge in [-0.1, -0.05) is 0 Å². The predicted octanol–water partition coefficient (Wildman–Crippen LogP) is -0.474. The van der Waals surface area contributed by atoms with Crippen molar-refractivity contribution >= 4 is 11.9 Å². The molecular formula is C14H26N2O5. The molecule has 1 amide bonds. The van der Waals surface area contributed by atoms with Gasteiger partial charge in [-0.25, -0.2) is 0 Å². The first-order valence-electron chi connectivity index (χ1n) is 7.32. The summed E-state index contributed by atoms with van der Waals surface area (Å²) in [4.78, 5) is 25.1. The van der Waals surface area contributed by atoms with Gasteiger partial charge in [-0.2, -0.15) is 0 Å². The van der Waals surface area contributed by atoms with Crippen molar-refractivity contribution in [2.24, 2.45) is 0 Å². The molecule has 0 bridgehead atoms. The van der Waals surface area contributed by atoms with E-state index in [1.165, 1.54) is 7.11 Å². The van der Waals surface area contributed by atoms with Gasteiger partial charge < -0.3 is 19.9 Å². The molecule has 7 heteroatoms. The van der Waals surface area contributed by atoms with E-state index in [1.54, 1.807) is 4.90 Å². The molecule has 2 atom stereocenters. The van der Waals surface area contributed by atoms with E-state index in [9.17, 15) is 14.7 Å². The summed E-state index contributed by atoms with van der Waals surface area (Å²) >= 11 is 0. The number of nitrogens with one attached hydrogen (secondary N) is 1. The fourth-order valence-corrected chi connectivity index (χ4v) is 2.29. The number of ether oxygens (including phenoxy) is 2. The summed E-state index contributed by atoms with van der Waals surface area (Å²) < 4.78 is 10.1. The molecule has 0 spiro atoms. The minimum Gasteiger partial charge on any atom is -0.468 e. The van der Waals surface area contributed by atoms with Crippen molar-refractivity contribution in [3.63, 3.8) is 0 Å². The maximum Gasteiger partial charge on any atom is 0.323 e. The fraction of sp³-hybridized carbons (Fsp3) is 0.857. The molecule has 0 saturated carbocycles. The van der Waals surface area contributed by atoms with Crippen molar-refractivity contribution in [2.45, 2.75) is 44.9 Å². The van der Waals surface area contributed by atoms with Crippen molar-refractivity contribution in [3.05, 3.63) is 0 Å². The Bertz CT molecular complexity index is 348. The lowest BCUT2D eigenvalue weighted by molar-refractivity contribution is -0.146. The van der Waals surface area contributed by atoms with Gasteiger partial charge in [-0.05, 0) is 20.3 Å². The Morgan fingerprint density at radius 3 is 2.76 bits per heavy atom. The molecule has 0 aromatic carbocycles. The topological polar surface area (TPSA) is 88.1 Å². The molecule has 0 aromatic rings. The van der Waals surface area contributed by atoms with Gasteiger partial charge >= 0.3 is 5.97 Å². The third-order valence-corrected chi connectivity index (χ3v) is 3.30. The fourth-order valence-electron chi connectivity index (χ4n) is 2.29. The predicted molar refractivity (Wildman–Crippen MR) is 76.7 cm³/mol. The van der Waals surface area contributed by atoms with E-state index >= 15 is 0 Å². The highest BCUT2D eigenvalue weighted by Gasteiger charge is 2.37. The van der Waals surface area contributed by atoms with Gasteiger partial charge in [0.1, 0.15) is 6.04 Å². The van der Waals surface area contributed by atoms with Crippen molar-refractivity contribution in [2.75, 3.05) is 33.4 Å². The molecular weight excluding hydrogens is 276 g/mol. The van der Waals surface area contributed by atoms with E-state index in [4.69, 9.17) is 4.74 Å². The monoisotopic (exact) mass is 302 g/mol. The summed E-state index contributed by atoms with van der Waals surface area (Å²) in [5.41, 5.74) is 0. The second-order valence-corrected chi connectivity index (χ2v) is 5.48. The highest BCUT2D eigenvalue weighted by Crippen LogP contribution is 2.18. The minimum atomic E-state index is -0.596. The minimum absolute atomic E-state index is 0.0852. The number of methoxy groups -OCH3 is 1. The number of rotatable bonds is 8. The van der Waals surface area contributed by atoms with Crippen LogP contribution in [0.5, 0.6) is 0 Å². The number of nitrogens with zero attached hydrogens (tertiary/aromatic N) is 1. The van der Waals surface area contributed by atoms with Gasteiger partial charge in [0.05, 0.1) is 25.9 Å². The van der Waals surface area contributed by atoms with Crippen LogP contribution in [0.25, 0.3) is 0 Å². The average molecular weight is 302 g/mol. The van der Waals surface area contributed by atoms with E-state index in [0.717, 1.165) is 6.42 Å². The first kappa shape index (κ1) is 17.9. The highest BCUT2D eigenvalue weighted by molar-refractivity contribution is 5.80. The third kappa shape index (κ3) is 6.41. The number of β-amino-alcohol motifs (C(OH)–C–C–N with tert-alkyl or cyclic N) is 1. The number of aliphatic hydroxyl groups excluding tert-OH is 1. The van der Waals surface area contributed by atoms with E-state index < -0.39 is 18.1 Å². The normalized spacial score (nSPS) is 22.5. The van der Waals surface area contributed by atoms with Crippen LogP contribution in [0.4, 0.5) is 0 Å². The second kappa shape index (κ2) is 8.96. The number of likely N-dealkylation sites (tertiary alicyclic amines) is 1. The molecule has 2 N–H and O–H groups in total. The van der Waals surface area contributed by atoms with Gasteiger partial charge in [0.2, 0.25) is 5.91 Å². The molecule has 7 nitrogen and oxygen atoms in total. The average Bonchev–Trinajstić information content (AvgIpc) is 2.77. The summed E-state index contributed by atoms with van der Waals surface area (Å²) in [6.45, 7) is 5.45. The van der Waals surface area contributed by atoms with Gasteiger partial charge in [0, 0.05) is 26.1 Å². The number of carbonyl (C=O) groups is 2. The molecule has 1 saturated heterocycles. The molecule has 0 aliphatic carbocycles. The molecule has 21 heavy (non-hydrogen) atoms. The largest absolute Gasteiger partial charge is 0.468 e. The van der Waals surface area contributed by atoms with Crippen LogP contribution in [-0.2, 0) is 19.1 Å². The molecule has 1 rings (SSSR count). The summed E-state index contributed by atoms with van der Waals surface area (Å²) in [6, 6.07) is -0.542. The number of aliphatic hydroxyl groups is 1. The summed E-state index contributed by atoms with van der Waals surface area (Å²) in [5.74, 6) is -0.577. The first-order chi connectivity index (χ1) is 9.93. The van der Waals surface area contributed by atoms with Crippen LogP contribution in [0.15, 0.2) is 0 Å². The Kier molecular flexibility index (Phi) is 7.63. The smallest absolute Gasteiger partial charge is 0.323 e. The molecule has 1 aliphatic rings. The van der Waals surface area contributed by atoms with Crippen LogP contribution in [0.2, 0.25) is 0 Å². The number of amides is 1. The molecule has 1 fully saturated rings. The van der Waals surface area contributed by atoms with Crippen molar-refractivity contribution in [1.29, 1.82) is 0 Å². The molecule has 1 heterocycles.